The Balaban J connectivity index is 1.45. The van der Waals surface area contributed by atoms with E-state index in [0.717, 1.165) is 46.5 Å². The summed E-state index contributed by atoms with van der Waals surface area (Å²) in [4.78, 5) is 0. The van der Waals surface area contributed by atoms with E-state index in [4.69, 9.17) is 4.74 Å². The van der Waals surface area contributed by atoms with Gasteiger partial charge < -0.3 is 4.74 Å². The molecule has 0 aromatic carbocycles. The summed E-state index contributed by atoms with van der Waals surface area (Å²) in [5.74, 6) is 5.62. The van der Waals surface area contributed by atoms with Crippen LogP contribution in [0.1, 0.15) is 105 Å². The smallest absolute Gasteiger partial charge is 0.0613 e. The lowest BCUT2D eigenvalue weighted by Gasteiger charge is -2.58. The molecule has 178 valence electrons. The molecule has 0 heterocycles. The maximum absolute atomic E-state index is 6.19. The van der Waals surface area contributed by atoms with Gasteiger partial charge in [-0.1, -0.05) is 88.1 Å². The van der Waals surface area contributed by atoms with Gasteiger partial charge in [0, 0.05) is 4.43 Å². The first-order chi connectivity index (χ1) is 14.8. The van der Waals surface area contributed by atoms with Crippen LogP contribution in [0.2, 0.25) is 0 Å². The fourth-order valence-electron chi connectivity index (χ4n) is 9.01. The minimum Gasteiger partial charge on any atom is -0.377 e. The van der Waals surface area contributed by atoms with Gasteiger partial charge in [-0.15, -0.1) is 0 Å². The maximum Gasteiger partial charge on any atom is 0.0613 e. The second-order valence-corrected chi connectivity index (χ2v) is 13.8. The molecule has 0 spiro atoms. The molecule has 0 saturated heterocycles. The number of rotatable bonds is 8. The lowest BCUT2D eigenvalue weighted by atomic mass is 9.47. The van der Waals surface area contributed by atoms with Gasteiger partial charge in [-0.2, -0.15) is 0 Å². The molecule has 4 rings (SSSR count). The minimum absolute atomic E-state index is 0.468. The molecular formula is C29H49IO. The van der Waals surface area contributed by atoms with Crippen molar-refractivity contribution >= 4 is 22.6 Å². The van der Waals surface area contributed by atoms with Gasteiger partial charge in [0.15, 0.2) is 0 Å². The van der Waals surface area contributed by atoms with E-state index in [0.29, 0.717) is 16.9 Å². The van der Waals surface area contributed by atoms with Crippen molar-refractivity contribution in [2.24, 2.45) is 46.3 Å². The third kappa shape index (κ3) is 4.69. The standard InChI is InChI=1S/C29H49IO/c1-20(2)7-6-8-21(3)25-11-12-26-24-10-9-22-19-23(31-18-17-30)13-15-28(22,4)27(24)14-16-29(25,26)5/h9,20-21,23-27H,6-8,10-19H2,1-5H3/t21-,23+,24?,25-,26?,27?,28+,29-/m1/s1. The molecule has 31 heavy (non-hydrogen) atoms. The van der Waals surface area contributed by atoms with Crippen LogP contribution in [0.15, 0.2) is 11.6 Å². The highest BCUT2D eigenvalue weighted by atomic mass is 127. The van der Waals surface area contributed by atoms with Crippen LogP contribution in [0.25, 0.3) is 0 Å². The van der Waals surface area contributed by atoms with Crippen LogP contribution >= 0.6 is 22.6 Å². The van der Waals surface area contributed by atoms with Gasteiger partial charge in [-0.05, 0) is 97.7 Å². The molecule has 0 aliphatic heterocycles. The largest absolute Gasteiger partial charge is 0.377 e. The van der Waals surface area contributed by atoms with Crippen molar-refractivity contribution < 1.29 is 4.74 Å². The van der Waals surface area contributed by atoms with Crippen molar-refractivity contribution in [2.45, 2.75) is 111 Å². The molecule has 2 heteroatoms. The number of allylic oxidation sites excluding steroid dienone is 1. The first kappa shape index (κ1) is 24.6. The SMILES string of the molecule is CC(C)CCC[C@@H](C)[C@H]1CCC2C3CC=C4C[C@@H](OCCI)CC[C@]4(C)C3CC[C@@]21C. The quantitative estimate of drug-likeness (QED) is 0.170. The van der Waals surface area contributed by atoms with Crippen LogP contribution in [-0.4, -0.2) is 17.1 Å². The van der Waals surface area contributed by atoms with Gasteiger partial charge in [0.1, 0.15) is 0 Å². The van der Waals surface area contributed by atoms with E-state index in [1.807, 2.05) is 0 Å². The van der Waals surface area contributed by atoms with Crippen molar-refractivity contribution in [1.29, 1.82) is 0 Å². The number of alkyl halides is 1. The fraction of sp³-hybridized carbons (Fsp3) is 0.931. The summed E-state index contributed by atoms with van der Waals surface area (Å²) in [6, 6.07) is 0. The van der Waals surface area contributed by atoms with Gasteiger partial charge in [0.2, 0.25) is 0 Å². The zero-order chi connectivity index (χ0) is 22.2. The summed E-state index contributed by atoms with van der Waals surface area (Å²) in [6.07, 6.45) is 18.7. The Morgan fingerprint density at radius 3 is 2.58 bits per heavy atom. The van der Waals surface area contributed by atoms with Crippen LogP contribution in [-0.2, 0) is 4.74 Å². The van der Waals surface area contributed by atoms with Crippen molar-refractivity contribution in [3.8, 4) is 0 Å². The molecule has 3 saturated carbocycles. The molecule has 0 N–H and O–H groups in total. The predicted octanol–water partition coefficient (Wildman–Crippen LogP) is 8.85. The summed E-state index contributed by atoms with van der Waals surface area (Å²) in [6.45, 7) is 13.7. The average Bonchev–Trinajstić information content (AvgIpc) is 3.09. The van der Waals surface area contributed by atoms with Crippen molar-refractivity contribution in [2.75, 3.05) is 11.0 Å². The highest BCUT2D eigenvalue weighted by molar-refractivity contribution is 14.1. The Labute approximate surface area is 207 Å². The summed E-state index contributed by atoms with van der Waals surface area (Å²) in [5, 5.41) is 0. The maximum atomic E-state index is 6.19. The lowest BCUT2D eigenvalue weighted by molar-refractivity contribution is -0.0628. The number of hydrogen-bond donors (Lipinski definition) is 0. The molecule has 0 aromatic rings. The second kappa shape index (κ2) is 9.96. The van der Waals surface area contributed by atoms with Gasteiger partial charge in [-0.3, -0.25) is 0 Å². The molecule has 0 bridgehead atoms. The Bertz CT molecular complexity index is 641. The molecule has 0 aromatic heterocycles. The summed E-state index contributed by atoms with van der Waals surface area (Å²) in [5.41, 5.74) is 2.86. The number of fused-ring (bicyclic) bond motifs is 5. The molecule has 0 radical (unpaired) electrons. The molecule has 3 fully saturated rings. The fourth-order valence-corrected chi connectivity index (χ4v) is 9.26. The van der Waals surface area contributed by atoms with Gasteiger partial charge in [0.25, 0.3) is 0 Å². The number of halogens is 1. The molecule has 4 aliphatic rings. The average molecular weight is 541 g/mol. The Morgan fingerprint density at radius 1 is 1.03 bits per heavy atom. The zero-order valence-corrected chi connectivity index (χ0v) is 23.3. The lowest BCUT2D eigenvalue weighted by Crippen LogP contribution is -2.51. The topological polar surface area (TPSA) is 9.23 Å². The minimum atomic E-state index is 0.468. The zero-order valence-electron chi connectivity index (χ0n) is 21.1. The molecule has 0 amide bonds. The summed E-state index contributed by atoms with van der Waals surface area (Å²) in [7, 11) is 0. The Morgan fingerprint density at radius 2 is 1.84 bits per heavy atom. The van der Waals surface area contributed by atoms with E-state index in [-0.39, 0.29) is 0 Å². The summed E-state index contributed by atoms with van der Waals surface area (Å²) < 4.78 is 7.30. The predicted molar refractivity (Wildman–Crippen MR) is 142 cm³/mol. The van der Waals surface area contributed by atoms with E-state index < -0.39 is 0 Å². The molecule has 4 aliphatic carbocycles. The number of hydrogen-bond acceptors (Lipinski definition) is 1. The van der Waals surface area contributed by atoms with Gasteiger partial charge in [-0.25, -0.2) is 0 Å². The third-order valence-corrected chi connectivity index (χ3v) is 11.1. The van der Waals surface area contributed by atoms with Crippen LogP contribution in [0.3, 0.4) is 0 Å². The number of ether oxygens (including phenoxy) is 1. The van der Waals surface area contributed by atoms with Crippen LogP contribution < -0.4 is 0 Å². The molecular weight excluding hydrogens is 491 g/mol. The molecule has 1 nitrogen and oxygen atoms in total. The molecule has 3 unspecified atom stereocenters. The highest BCUT2D eigenvalue weighted by Gasteiger charge is 2.59. The first-order valence-electron chi connectivity index (χ1n) is 13.7. The Kier molecular flexibility index (Phi) is 7.89. The Hall–Kier alpha value is 0.430. The van der Waals surface area contributed by atoms with E-state index in [1.165, 1.54) is 70.6 Å². The first-order valence-corrected chi connectivity index (χ1v) is 15.2. The van der Waals surface area contributed by atoms with Crippen molar-refractivity contribution in [3.63, 3.8) is 0 Å². The van der Waals surface area contributed by atoms with E-state index in [9.17, 15) is 0 Å². The molecule has 8 atom stereocenters. The van der Waals surface area contributed by atoms with Crippen LogP contribution in [0, 0.1) is 46.3 Å². The van der Waals surface area contributed by atoms with Crippen LogP contribution in [0.5, 0.6) is 0 Å². The monoisotopic (exact) mass is 540 g/mol. The third-order valence-electron chi connectivity index (χ3n) is 10.7. The van der Waals surface area contributed by atoms with Gasteiger partial charge >= 0.3 is 0 Å². The highest BCUT2D eigenvalue weighted by Crippen LogP contribution is 2.67. The van der Waals surface area contributed by atoms with E-state index >= 15 is 0 Å². The van der Waals surface area contributed by atoms with Crippen molar-refractivity contribution in [1.82, 2.24) is 0 Å². The van der Waals surface area contributed by atoms with Crippen LogP contribution in [0.4, 0.5) is 0 Å². The summed E-state index contributed by atoms with van der Waals surface area (Å²) >= 11 is 2.44. The second-order valence-electron chi connectivity index (χ2n) is 12.7. The van der Waals surface area contributed by atoms with E-state index in [2.05, 4.69) is 63.3 Å². The van der Waals surface area contributed by atoms with Gasteiger partial charge in [0.05, 0.1) is 12.7 Å². The van der Waals surface area contributed by atoms with E-state index in [1.54, 1.807) is 5.57 Å². The van der Waals surface area contributed by atoms with Crippen molar-refractivity contribution in [3.05, 3.63) is 11.6 Å². The normalized spacial score (nSPS) is 43.2.